The van der Waals surface area contributed by atoms with Crippen LogP contribution in [-0.4, -0.2) is 22.6 Å². The lowest BCUT2D eigenvalue weighted by molar-refractivity contribution is 0.669. The molecule has 0 amide bonds. The highest BCUT2D eigenvalue weighted by molar-refractivity contribution is 7.22. The molecule has 5 heteroatoms. The molecule has 0 N–H and O–H groups in total. The van der Waals surface area contributed by atoms with Gasteiger partial charge in [-0.25, -0.2) is 9.97 Å². The molecule has 57 heavy (non-hydrogen) atoms. The normalized spacial score (nSPS) is 13.1. The minimum absolute atomic E-state index is 0.704. The predicted molar refractivity (Wildman–Crippen MR) is 237 cm³/mol. The van der Waals surface area contributed by atoms with Crippen molar-refractivity contribution in [3.05, 3.63) is 200 Å². The van der Waals surface area contributed by atoms with E-state index in [1.165, 1.54) is 37.1 Å². The minimum Gasteiger partial charge on any atom is -0.456 e. The van der Waals surface area contributed by atoms with E-state index in [2.05, 4.69) is 193 Å². The number of para-hydroxylation sites is 2. The minimum atomic E-state index is -2.87. The summed E-state index contributed by atoms with van der Waals surface area (Å²) >= 11 is 0. The van der Waals surface area contributed by atoms with E-state index >= 15 is 0 Å². The number of benzene rings is 8. The number of furan rings is 1. The summed E-state index contributed by atoms with van der Waals surface area (Å²) in [4.78, 5) is 11.2. The molecule has 0 atom stereocenters. The lowest BCUT2D eigenvalue weighted by Gasteiger charge is -2.32. The lowest BCUT2D eigenvalue weighted by atomic mass is 10.1. The van der Waals surface area contributed by atoms with Crippen LogP contribution in [0.15, 0.2) is 205 Å². The third kappa shape index (κ3) is 4.61. The van der Waals surface area contributed by atoms with E-state index in [-0.39, 0.29) is 0 Å². The highest BCUT2D eigenvalue weighted by Gasteiger charge is 2.51. The van der Waals surface area contributed by atoms with Crippen LogP contribution in [0.3, 0.4) is 0 Å². The van der Waals surface area contributed by atoms with Gasteiger partial charge in [-0.05, 0) is 45.9 Å². The van der Waals surface area contributed by atoms with Crippen molar-refractivity contribution in [3.63, 3.8) is 0 Å². The summed E-state index contributed by atoms with van der Waals surface area (Å²) in [5, 5.41) is 9.87. The largest absolute Gasteiger partial charge is 0.456 e. The van der Waals surface area contributed by atoms with Crippen LogP contribution in [0.4, 0.5) is 0 Å². The van der Waals surface area contributed by atoms with E-state index < -0.39 is 8.07 Å². The quantitative estimate of drug-likeness (QED) is 0.165. The molecule has 12 rings (SSSR count). The summed E-state index contributed by atoms with van der Waals surface area (Å²) in [6.45, 7) is 0. The molecule has 1 aliphatic heterocycles. The molecule has 0 unspecified atom stereocenters. The molecular weight excluding hydrogens is 711 g/mol. The molecule has 0 spiro atoms. The maximum Gasteiger partial charge on any atom is 0.185 e. The van der Waals surface area contributed by atoms with Crippen LogP contribution in [0.5, 0.6) is 0 Å². The van der Waals surface area contributed by atoms with Gasteiger partial charge in [-0.1, -0.05) is 164 Å². The smallest absolute Gasteiger partial charge is 0.185 e. The van der Waals surface area contributed by atoms with Crippen molar-refractivity contribution in [2.45, 2.75) is 0 Å². The zero-order valence-corrected chi connectivity index (χ0v) is 31.8. The summed E-state index contributed by atoms with van der Waals surface area (Å²) in [6.07, 6.45) is 0. The Bertz CT molecular complexity index is 3310. The fraction of sp³-hybridized carbons (Fsp3) is 0. The molecule has 0 fully saturated rings. The number of aromatic nitrogens is 3. The number of rotatable bonds is 5. The Morgan fingerprint density at radius 3 is 1.84 bits per heavy atom. The van der Waals surface area contributed by atoms with Crippen LogP contribution in [0.1, 0.15) is 0 Å². The van der Waals surface area contributed by atoms with E-state index in [0.717, 1.165) is 61.2 Å². The van der Waals surface area contributed by atoms with Gasteiger partial charge >= 0.3 is 0 Å². The van der Waals surface area contributed by atoms with E-state index in [4.69, 9.17) is 14.4 Å². The van der Waals surface area contributed by atoms with Crippen molar-refractivity contribution >= 4 is 72.6 Å². The average Bonchev–Trinajstić information content (AvgIpc) is 3.92. The van der Waals surface area contributed by atoms with E-state index in [1.807, 2.05) is 12.1 Å². The molecule has 4 nitrogen and oxygen atoms in total. The fourth-order valence-electron chi connectivity index (χ4n) is 9.49. The second-order valence-electron chi connectivity index (χ2n) is 14.9. The van der Waals surface area contributed by atoms with Gasteiger partial charge in [0.15, 0.2) is 13.9 Å². The molecule has 4 heterocycles. The molecule has 0 radical (unpaired) electrons. The number of fused-ring (bicyclic) bond motifs is 9. The van der Waals surface area contributed by atoms with Crippen molar-refractivity contribution in [2.75, 3.05) is 0 Å². The molecule has 0 saturated carbocycles. The molecule has 0 aliphatic carbocycles. The van der Waals surface area contributed by atoms with Crippen molar-refractivity contribution in [3.8, 4) is 39.6 Å². The first-order valence-corrected chi connectivity index (χ1v) is 21.4. The number of hydrogen-bond donors (Lipinski definition) is 0. The van der Waals surface area contributed by atoms with Gasteiger partial charge in [-0.3, -0.25) is 0 Å². The van der Waals surface area contributed by atoms with Gasteiger partial charge in [0, 0.05) is 55.2 Å². The molecule has 266 valence electrons. The van der Waals surface area contributed by atoms with E-state index in [1.54, 1.807) is 0 Å². The summed E-state index contributed by atoms with van der Waals surface area (Å²) in [6, 6.07) is 71.9. The van der Waals surface area contributed by atoms with Gasteiger partial charge in [-0.2, -0.15) is 0 Å². The van der Waals surface area contributed by atoms with Gasteiger partial charge < -0.3 is 8.98 Å². The zero-order valence-electron chi connectivity index (χ0n) is 30.8. The van der Waals surface area contributed by atoms with Crippen molar-refractivity contribution in [2.24, 2.45) is 0 Å². The predicted octanol–water partition coefficient (Wildman–Crippen LogP) is 10.2. The SMILES string of the molecule is c1ccc(-c2nc(-c3cccc(-n4c5ccccc5c5cc6c(cc54)oc4ccccc46)c3)nc3c2[Si](c2ccccc2)(c2ccccc2)c2ccccc2-3)cc1. The Labute approximate surface area is 330 Å². The first-order valence-electron chi connectivity index (χ1n) is 19.4. The fourth-order valence-corrected chi connectivity index (χ4v) is 14.7. The van der Waals surface area contributed by atoms with Gasteiger partial charge in [0.1, 0.15) is 11.2 Å². The summed E-state index contributed by atoms with van der Waals surface area (Å²) in [7, 11) is -2.87. The molecule has 1 aliphatic rings. The maximum absolute atomic E-state index is 6.42. The van der Waals surface area contributed by atoms with Crippen molar-refractivity contribution < 1.29 is 4.42 Å². The topological polar surface area (TPSA) is 43.9 Å². The van der Waals surface area contributed by atoms with Gasteiger partial charge in [0.05, 0.1) is 22.4 Å². The van der Waals surface area contributed by atoms with Crippen LogP contribution in [0, 0.1) is 0 Å². The number of nitrogens with zero attached hydrogens (tertiary/aromatic N) is 3. The highest BCUT2D eigenvalue weighted by atomic mass is 28.3. The Balaban J connectivity index is 1.13. The third-order valence-corrected chi connectivity index (χ3v) is 16.7. The van der Waals surface area contributed by atoms with Crippen LogP contribution in [0.2, 0.25) is 0 Å². The summed E-state index contributed by atoms with van der Waals surface area (Å²) in [5.41, 5.74) is 10.3. The average molecular weight is 744 g/mol. The van der Waals surface area contributed by atoms with Crippen LogP contribution < -0.4 is 20.7 Å². The standard InChI is InChI=1S/C52H33N3OSi/c1-4-17-34(18-5-1)49-51-50(41-27-12-15-30-48(41)57(51,37-21-6-2-7-22-37)38-23-8-3-9-24-38)54-52(53-49)35-19-16-20-36(31-35)55-44-28-13-10-25-39(44)42-32-43-40-26-11-14-29-46(40)56-47(43)33-45(42)55/h1-33H. The molecule has 0 saturated heterocycles. The third-order valence-electron chi connectivity index (χ3n) is 11.9. The maximum atomic E-state index is 6.42. The summed E-state index contributed by atoms with van der Waals surface area (Å²) < 4.78 is 8.77. The lowest BCUT2D eigenvalue weighted by Crippen LogP contribution is -2.73. The first-order chi connectivity index (χ1) is 28.3. The second-order valence-corrected chi connectivity index (χ2v) is 18.6. The summed E-state index contributed by atoms with van der Waals surface area (Å²) in [5.74, 6) is 0.704. The Morgan fingerprint density at radius 2 is 1.05 bits per heavy atom. The molecule has 3 aromatic heterocycles. The van der Waals surface area contributed by atoms with Crippen LogP contribution >= 0.6 is 0 Å². The highest BCUT2D eigenvalue weighted by Crippen LogP contribution is 2.39. The molecular formula is C52H33N3OSi. The Hall–Kier alpha value is -7.34. The van der Waals surface area contributed by atoms with Crippen molar-refractivity contribution in [1.82, 2.24) is 14.5 Å². The Morgan fingerprint density at radius 1 is 0.421 bits per heavy atom. The van der Waals surface area contributed by atoms with Crippen molar-refractivity contribution in [1.29, 1.82) is 0 Å². The van der Waals surface area contributed by atoms with Gasteiger partial charge in [0.2, 0.25) is 0 Å². The molecule has 8 aromatic carbocycles. The Kier molecular flexibility index (Phi) is 6.91. The van der Waals surface area contributed by atoms with E-state index in [0.29, 0.717) is 5.82 Å². The number of hydrogen-bond acceptors (Lipinski definition) is 3. The van der Waals surface area contributed by atoms with Gasteiger partial charge in [0.25, 0.3) is 0 Å². The van der Waals surface area contributed by atoms with Crippen LogP contribution in [0.25, 0.3) is 83.3 Å². The van der Waals surface area contributed by atoms with E-state index in [9.17, 15) is 0 Å². The van der Waals surface area contributed by atoms with Gasteiger partial charge in [-0.15, -0.1) is 0 Å². The monoisotopic (exact) mass is 743 g/mol. The molecule has 0 bridgehead atoms. The first kappa shape index (κ1) is 32.0. The van der Waals surface area contributed by atoms with Crippen LogP contribution in [-0.2, 0) is 0 Å². The second kappa shape index (κ2) is 12.3. The zero-order chi connectivity index (χ0) is 37.5. The molecule has 11 aromatic rings.